The molecule has 0 atom stereocenters. The zero-order valence-corrected chi connectivity index (χ0v) is 15.0. The Hall–Kier alpha value is -1.56. The first-order chi connectivity index (χ1) is 11.7. The summed E-state index contributed by atoms with van der Waals surface area (Å²) >= 11 is 6.30. The van der Waals surface area contributed by atoms with Gasteiger partial charge in [-0.2, -0.15) is 5.10 Å². The first-order valence-electron chi connectivity index (χ1n) is 8.65. The first-order valence-corrected chi connectivity index (χ1v) is 9.03. The normalized spacial score (nSPS) is 15.8. The summed E-state index contributed by atoms with van der Waals surface area (Å²) in [5.41, 5.74) is 3.57. The molecule has 6 heteroatoms. The van der Waals surface area contributed by atoms with E-state index in [0.29, 0.717) is 0 Å². The minimum atomic E-state index is 0.852. The Morgan fingerprint density at radius 1 is 1.21 bits per heavy atom. The number of para-hydroxylation sites is 1. The standard InChI is InChI=1S/C18H26ClN5/c1-15-16(14-21-22-15)13-20-7-4-8-23-9-11-24(12-10-23)18-6-3-2-5-17(18)19/h2-3,5-6,14,20H,4,7-13H2,1H3,(H,21,22). The maximum Gasteiger partial charge on any atom is 0.0639 e. The summed E-state index contributed by atoms with van der Waals surface area (Å²) < 4.78 is 0. The molecule has 0 bridgehead atoms. The molecule has 0 unspecified atom stereocenters. The molecule has 1 fully saturated rings. The van der Waals surface area contributed by atoms with E-state index in [0.717, 1.165) is 62.2 Å². The summed E-state index contributed by atoms with van der Waals surface area (Å²) in [5, 5.41) is 11.4. The summed E-state index contributed by atoms with van der Waals surface area (Å²) in [6.07, 6.45) is 3.07. The van der Waals surface area contributed by atoms with Gasteiger partial charge in [0, 0.05) is 44.0 Å². The van der Waals surface area contributed by atoms with E-state index in [1.165, 1.54) is 12.0 Å². The fourth-order valence-corrected chi connectivity index (χ4v) is 3.38. The minimum Gasteiger partial charge on any atom is -0.368 e. The van der Waals surface area contributed by atoms with Gasteiger partial charge in [0.2, 0.25) is 0 Å². The predicted octanol–water partition coefficient (Wildman–Crippen LogP) is 2.67. The van der Waals surface area contributed by atoms with Gasteiger partial charge in [0.25, 0.3) is 0 Å². The zero-order chi connectivity index (χ0) is 16.8. The van der Waals surface area contributed by atoms with Crippen LogP contribution in [-0.4, -0.2) is 54.4 Å². The van der Waals surface area contributed by atoms with Gasteiger partial charge in [0.05, 0.1) is 16.9 Å². The summed E-state index contributed by atoms with van der Waals surface area (Å²) in [6, 6.07) is 8.12. The number of nitrogens with zero attached hydrogens (tertiary/aromatic N) is 3. The molecule has 2 N–H and O–H groups in total. The maximum absolute atomic E-state index is 6.30. The van der Waals surface area contributed by atoms with Gasteiger partial charge in [-0.1, -0.05) is 23.7 Å². The molecular formula is C18H26ClN5. The lowest BCUT2D eigenvalue weighted by molar-refractivity contribution is 0.254. The van der Waals surface area contributed by atoms with Crippen molar-refractivity contribution in [1.29, 1.82) is 0 Å². The Balaban J connectivity index is 1.33. The second-order valence-electron chi connectivity index (χ2n) is 6.33. The summed E-state index contributed by atoms with van der Waals surface area (Å²) in [5.74, 6) is 0. The van der Waals surface area contributed by atoms with Crippen molar-refractivity contribution in [2.24, 2.45) is 0 Å². The molecular weight excluding hydrogens is 322 g/mol. The van der Waals surface area contributed by atoms with Crippen LogP contribution in [-0.2, 0) is 6.54 Å². The smallest absolute Gasteiger partial charge is 0.0639 e. The highest BCUT2D eigenvalue weighted by Gasteiger charge is 2.18. The highest BCUT2D eigenvalue weighted by Crippen LogP contribution is 2.25. The van der Waals surface area contributed by atoms with E-state index < -0.39 is 0 Å². The second-order valence-corrected chi connectivity index (χ2v) is 6.74. The third-order valence-corrected chi connectivity index (χ3v) is 4.96. The maximum atomic E-state index is 6.30. The van der Waals surface area contributed by atoms with E-state index in [-0.39, 0.29) is 0 Å². The predicted molar refractivity (Wildman–Crippen MR) is 99.8 cm³/mol. The highest BCUT2D eigenvalue weighted by molar-refractivity contribution is 6.33. The van der Waals surface area contributed by atoms with Gasteiger partial charge in [0.1, 0.15) is 0 Å². The summed E-state index contributed by atoms with van der Waals surface area (Å²) in [6.45, 7) is 9.43. The molecule has 0 saturated carbocycles. The van der Waals surface area contributed by atoms with Crippen molar-refractivity contribution in [1.82, 2.24) is 20.4 Å². The number of rotatable bonds is 7. The Morgan fingerprint density at radius 3 is 2.71 bits per heavy atom. The number of piperazine rings is 1. The Labute approximate surface area is 149 Å². The fraction of sp³-hybridized carbons (Fsp3) is 0.500. The average Bonchev–Trinajstić information content (AvgIpc) is 3.01. The van der Waals surface area contributed by atoms with Gasteiger partial charge >= 0.3 is 0 Å². The third kappa shape index (κ3) is 4.50. The molecule has 1 aliphatic rings. The molecule has 130 valence electrons. The van der Waals surface area contributed by atoms with Crippen molar-refractivity contribution in [3.05, 3.63) is 46.7 Å². The third-order valence-electron chi connectivity index (χ3n) is 4.64. The molecule has 1 aromatic carbocycles. The van der Waals surface area contributed by atoms with E-state index in [9.17, 15) is 0 Å². The van der Waals surface area contributed by atoms with E-state index >= 15 is 0 Å². The van der Waals surface area contributed by atoms with Gasteiger partial charge in [0.15, 0.2) is 0 Å². The number of nitrogens with one attached hydrogen (secondary N) is 2. The number of aromatic amines is 1. The van der Waals surface area contributed by atoms with Crippen LogP contribution in [0.4, 0.5) is 5.69 Å². The molecule has 1 aliphatic heterocycles. The quantitative estimate of drug-likeness (QED) is 0.756. The number of benzene rings is 1. The number of anilines is 1. The lowest BCUT2D eigenvalue weighted by atomic mass is 10.2. The van der Waals surface area contributed by atoms with Crippen molar-refractivity contribution in [2.45, 2.75) is 19.9 Å². The zero-order valence-electron chi connectivity index (χ0n) is 14.3. The van der Waals surface area contributed by atoms with Crippen LogP contribution in [0.15, 0.2) is 30.5 Å². The number of aromatic nitrogens is 2. The average molecular weight is 348 g/mol. The minimum absolute atomic E-state index is 0.852. The molecule has 24 heavy (non-hydrogen) atoms. The Bertz CT molecular complexity index is 634. The van der Waals surface area contributed by atoms with E-state index in [1.807, 2.05) is 18.3 Å². The van der Waals surface area contributed by atoms with Gasteiger partial charge in [-0.25, -0.2) is 0 Å². The molecule has 2 aromatic rings. The molecule has 1 saturated heterocycles. The number of aryl methyl sites for hydroxylation is 1. The van der Waals surface area contributed by atoms with Gasteiger partial charge in [-0.15, -0.1) is 0 Å². The molecule has 0 amide bonds. The second kappa shape index (κ2) is 8.51. The van der Waals surface area contributed by atoms with Crippen LogP contribution in [0.5, 0.6) is 0 Å². The molecule has 0 spiro atoms. The summed E-state index contributed by atoms with van der Waals surface area (Å²) in [7, 11) is 0. The van der Waals surface area contributed by atoms with Crippen molar-refractivity contribution >= 4 is 17.3 Å². The molecule has 0 radical (unpaired) electrons. The van der Waals surface area contributed by atoms with Crippen LogP contribution in [0, 0.1) is 6.92 Å². The van der Waals surface area contributed by atoms with Crippen molar-refractivity contribution < 1.29 is 0 Å². The van der Waals surface area contributed by atoms with Crippen LogP contribution in [0.1, 0.15) is 17.7 Å². The van der Waals surface area contributed by atoms with Crippen LogP contribution in [0.25, 0.3) is 0 Å². The van der Waals surface area contributed by atoms with Crippen LogP contribution >= 0.6 is 11.6 Å². The number of halogens is 1. The first kappa shape index (κ1) is 17.3. The van der Waals surface area contributed by atoms with Crippen LogP contribution < -0.4 is 10.2 Å². The highest BCUT2D eigenvalue weighted by atomic mass is 35.5. The SMILES string of the molecule is Cc1[nH]ncc1CNCCCN1CCN(c2ccccc2Cl)CC1. The van der Waals surface area contributed by atoms with E-state index in [1.54, 1.807) is 0 Å². The lowest BCUT2D eigenvalue weighted by Gasteiger charge is -2.36. The Kier molecular flexibility index (Phi) is 6.12. The molecule has 2 heterocycles. The van der Waals surface area contributed by atoms with Gasteiger partial charge in [-0.3, -0.25) is 10.00 Å². The van der Waals surface area contributed by atoms with Crippen molar-refractivity contribution in [2.75, 3.05) is 44.2 Å². The number of hydrogen-bond donors (Lipinski definition) is 2. The number of H-pyrrole nitrogens is 1. The fourth-order valence-electron chi connectivity index (χ4n) is 3.13. The monoisotopic (exact) mass is 347 g/mol. The lowest BCUT2D eigenvalue weighted by Crippen LogP contribution is -2.47. The Morgan fingerprint density at radius 2 is 2.00 bits per heavy atom. The van der Waals surface area contributed by atoms with Gasteiger partial charge in [-0.05, 0) is 38.6 Å². The van der Waals surface area contributed by atoms with Crippen LogP contribution in [0.2, 0.25) is 5.02 Å². The number of hydrogen-bond acceptors (Lipinski definition) is 4. The molecule has 5 nitrogen and oxygen atoms in total. The molecule has 1 aromatic heterocycles. The van der Waals surface area contributed by atoms with E-state index in [4.69, 9.17) is 11.6 Å². The van der Waals surface area contributed by atoms with Crippen LogP contribution in [0.3, 0.4) is 0 Å². The largest absolute Gasteiger partial charge is 0.368 e. The molecule has 0 aliphatic carbocycles. The summed E-state index contributed by atoms with van der Waals surface area (Å²) in [4.78, 5) is 4.93. The van der Waals surface area contributed by atoms with Crippen molar-refractivity contribution in [3.8, 4) is 0 Å². The van der Waals surface area contributed by atoms with Gasteiger partial charge < -0.3 is 10.2 Å². The molecule has 3 rings (SSSR count). The van der Waals surface area contributed by atoms with Crippen molar-refractivity contribution in [3.63, 3.8) is 0 Å². The topological polar surface area (TPSA) is 47.2 Å². The van der Waals surface area contributed by atoms with E-state index in [2.05, 4.69) is 44.4 Å².